The molecule has 7 nitrogen and oxygen atoms in total. The summed E-state index contributed by atoms with van der Waals surface area (Å²) in [5.74, 6) is -0.120. The zero-order valence-electron chi connectivity index (χ0n) is 19.1. The number of fused-ring (bicyclic) bond motifs is 1. The number of aromatic hydroxyl groups is 1. The van der Waals surface area contributed by atoms with Gasteiger partial charge in [0, 0.05) is 18.5 Å². The van der Waals surface area contributed by atoms with Gasteiger partial charge in [-0.25, -0.2) is 0 Å². The number of likely N-dealkylation sites (tertiary alicyclic amines) is 1. The van der Waals surface area contributed by atoms with Crippen LogP contribution in [0.4, 0.5) is 0 Å². The van der Waals surface area contributed by atoms with Gasteiger partial charge in [-0.15, -0.1) is 0 Å². The first-order chi connectivity index (χ1) is 15.8. The summed E-state index contributed by atoms with van der Waals surface area (Å²) >= 11 is 0. The van der Waals surface area contributed by atoms with Gasteiger partial charge in [0.2, 0.25) is 0 Å². The highest BCUT2D eigenvalue weighted by molar-refractivity contribution is 5.75. The number of piperidine rings is 1. The van der Waals surface area contributed by atoms with E-state index in [1.54, 1.807) is 6.07 Å². The van der Waals surface area contributed by atoms with E-state index in [1.165, 1.54) is 30.4 Å². The van der Waals surface area contributed by atoms with Crippen LogP contribution in [0, 0.1) is 12.8 Å². The average molecular weight is 456 g/mol. The molecule has 33 heavy (non-hydrogen) atoms. The highest BCUT2D eigenvalue weighted by Gasteiger charge is 2.47. The lowest BCUT2D eigenvalue weighted by Crippen LogP contribution is -2.48. The Balaban J connectivity index is 0.000000331. The molecular formula is C26H33NO6. The lowest BCUT2D eigenvalue weighted by molar-refractivity contribution is -0.143. The van der Waals surface area contributed by atoms with Crippen LogP contribution in [0.3, 0.4) is 0 Å². The van der Waals surface area contributed by atoms with Gasteiger partial charge < -0.3 is 20.1 Å². The topological polar surface area (TPSA) is 107 Å². The van der Waals surface area contributed by atoms with E-state index in [0.717, 1.165) is 25.3 Å². The zero-order valence-corrected chi connectivity index (χ0v) is 19.1. The molecule has 1 saturated heterocycles. The van der Waals surface area contributed by atoms with Crippen LogP contribution in [0.25, 0.3) is 0 Å². The molecule has 2 atom stereocenters. The molecule has 0 aromatic heterocycles. The van der Waals surface area contributed by atoms with Crippen LogP contribution in [-0.4, -0.2) is 52.0 Å². The number of phenols is 1. The largest absolute Gasteiger partial charge is 0.508 e. The van der Waals surface area contributed by atoms with Gasteiger partial charge in [-0.1, -0.05) is 36.8 Å². The van der Waals surface area contributed by atoms with Crippen molar-refractivity contribution in [2.45, 2.75) is 50.9 Å². The average Bonchev–Trinajstić information content (AvgIpc) is 3.22. The van der Waals surface area contributed by atoms with Gasteiger partial charge in [0.25, 0.3) is 0 Å². The maximum absolute atomic E-state index is 9.92. The predicted octanol–water partition coefficient (Wildman–Crippen LogP) is 4.42. The van der Waals surface area contributed by atoms with Gasteiger partial charge in [0.1, 0.15) is 18.2 Å². The molecule has 0 radical (unpaired) electrons. The van der Waals surface area contributed by atoms with E-state index in [-0.39, 0.29) is 18.3 Å². The van der Waals surface area contributed by atoms with Crippen molar-refractivity contribution in [3.05, 3.63) is 59.7 Å². The third-order valence-corrected chi connectivity index (χ3v) is 6.78. The Bertz CT molecular complexity index is 947. The minimum absolute atomic E-state index is 0.248. The number of phenolic OH excluding ortho intramolecular Hbond substituents is 1. The van der Waals surface area contributed by atoms with Crippen LogP contribution in [-0.2, 0) is 15.0 Å². The van der Waals surface area contributed by atoms with Crippen molar-refractivity contribution in [2.24, 2.45) is 5.92 Å². The van der Waals surface area contributed by atoms with Crippen LogP contribution in [0.15, 0.2) is 48.5 Å². The molecule has 1 aliphatic heterocycles. The fraction of sp³-hybridized carbons (Fsp3) is 0.462. The first kappa shape index (κ1) is 24.6. The van der Waals surface area contributed by atoms with Crippen molar-refractivity contribution >= 4 is 11.9 Å². The maximum Gasteiger partial charge on any atom is 0.303 e. The lowest BCUT2D eigenvalue weighted by atomic mass is 9.68. The highest BCUT2D eigenvalue weighted by atomic mass is 16.5. The summed E-state index contributed by atoms with van der Waals surface area (Å²) in [5.41, 5.74) is 2.77. The van der Waals surface area contributed by atoms with Crippen molar-refractivity contribution in [2.75, 3.05) is 19.8 Å². The summed E-state index contributed by atoms with van der Waals surface area (Å²) in [7, 11) is 0. The molecule has 1 saturated carbocycles. The summed E-state index contributed by atoms with van der Waals surface area (Å²) < 4.78 is 6.07. The molecule has 178 valence electrons. The number of benzene rings is 2. The number of ether oxygens (including phenoxy) is 1. The van der Waals surface area contributed by atoms with E-state index in [0.29, 0.717) is 18.4 Å². The number of carboxylic acid groups (broad SMARTS) is 2. The van der Waals surface area contributed by atoms with Crippen molar-refractivity contribution in [1.29, 1.82) is 0 Å². The Morgan fingerprint density at radius 3 is 2.45 bits per heavy atom. The lowest BCUT2D eigenvalue weighted by Gasteiger charge is -2.44. The molecule has 1 heterocycles. The van der Waals surface area contributed by atoms with Gasteiger partial charge in [0.05, 0.1) is 12.8 Å². The van der Waals surface area contributed by atoms with E-state index in [1.807, 2.05) is 30.3 Å². The van der Waals surface area contributed by atoms with E-state index < -0.39 is 11.9 Å². The fourth-order valence-electron chi connectivity index (χ4n) is 5.05. The smallest absolute Gasteiger partial charge is 0.303 e. The Morgan fingerprint density at radius 1 is 1.06 bits per heavy atom. The number of para-hydroxylation sites is 1. The van der Waals surface area contributed by atoms with Gasteiger partial charge in [0.15, 0.2) is 0 Å². The Hall–Kier alpha value is -3.06. The maximum atomic E-state index is 9.92. The predicted molar refractivity (Wildman–Crippen MR) is 124 cm³/mol. The molecule has 2 unspecified atom stereocenters. The summed E-state index contributed by atoms with van der Waals surface area (Å²) in [4.78, 5) is 21.7. The summed E-state index contributed by atoms with van der Waals surface area (Å²) in [6.07, 6.45) is 4.36. The minimum atomic E-state index is -1.08. The number of carboxylic acids is 2. The van der Waals surface area contributed by atoms with Crippen molar-refractivity contribution in [3.8, 4) is 11.5 Å². The molecular weight excluding hydrogens is 422 g/mol. The first-order valence-corrected chi connectivity index (χ1v) is 11.4. The van der Waals surface area contributed by atoms with Gasteiger partial charge in [-0.3, -0.25) is 14.5 Å². The Labute approximate surface area is 194 Å². The molecule has 2 fully saturated rings. The molecule has 1 aliphatic carbocycles. The zero-order chi connectivity index (χ0) is 23.8. The number of nitrogens with zero attached hydrogens (tertiary/aromatic N) is 1. The molecule has 7 heteroatoms. The van der Waals surface area contributed by atoms with Crippen LogP contribution in [0.5, 0.6) is 11.5 Å². The van der Waals surface area contributed by atoms with Crippen LogP contribution < -0.4 is 4.74 Å². The standard InChI is InChI=1S/C22H27NO2.C4H6O4/c1-17-6-2-3-10-21(17)25-16-23-13-12-22(11-5-8-19(22)15-23)18-7-4-9-20(24)14-18;5-3(6)1-2-4(7)8/h2-4,6-7,9-10,14,19,24H,5,8,11-13,15-16H2,1H3;1-2H2,(H,5,6)(H,7,8). The first-order valence-electron chi connectivity index (χ1n) is 11.4. The van der Waals surface area contributed by atoms with Crippen LogP contribution in [0.2, 0.25) is 0 Å². The number of carbonyl (C=O) groups is 2. The van der Waals surface area contributed by atoms with E-state index in [2.05, 4.69) is 24.0 Å². The Morgan fingerprint density at radius 2 is 1.79 bits per heavy atom. The highest BCUT2D eigenvalue weighted by Crippen LogP contribution is 2.51. The molecule has 3 N–H and O–H groups in total. The number of rotatable bonds is 7. The molecule has 2 aromatic rings. The molecule has 0 amide bonds. The molecule has 2 aliphatic rings. The third kappa shape index (κ3) is 6.48. The molecule has 0 bridgehead atoms. The number of aryl methyl sites for hydroxylation is 1. The normalized spacial score (nSPS) is 22.0. The van der Waals surface area contributed by atoms with Crippen LogP contribution in [0.1, 0.15) is 49.7 Å². The second-order valence-corrected chi connectivity index (χ2v) is 8.95. The fourth-order valence-corrected chi connectivity index (χ4v) is 5.05. The SMILES string of the molecule is Cc1ccccc1OCN1CCC2(c3cccc(O)c3)CCCC2C1.O=C(O)CCC(=O)O. The van der Waals surface area contributed by atoms with E-state index in [9.17, 15) is 14.7 Å². The summed E-state index contributed by atoms with van der Waals surface area (Å²) in [5, 5.41) is 25.7. The monoisotopic (exact) mass is 455 g/mol. The minimum Gasteiger partial charge on any atom is -0.508 e. The van der Waals surface area contributed by atoms with Gasteiger partial charge in [-0.05, 0) is 61.4 Å². The summed E-state index contributed by atoms with van der Waals surface area (Å²) in [6, 6.07) is 16.2. The van der Waals surface area contributed by atoms with Crippen molar-refractivity contribution in [3.63, 3.8) is 0 Å². The number of hydrogen-bond acceptors (Lipinski definition) is 5. The summed E-state index contributed by atoms with van der Waals surface area (Å²) in [6.45, 7) is 4.90. The van der Waals surface area contributed by atoms with Crippen LogP contribution >= 0.6 is 0 Å². The second kappa shape index (κ2) is 11.2. The third-order valence-electron chi connectivity index (χ3n) is 6.78. The second-order valence-electron chi connectivity index (χ2n) is 8.95. The van der Waals surface area contributed by atoms with E-state index in [4.69, 9.17) is 14.9 Å². The molecule has 4 rings (SSSR count). The quantitative estimate of drug-likeness (QED) is 0.567. The van der Waals surface area contributed by atoms with Gasteiger partial charge in [-0.2, -0.15) is 0 Å². The van der Waals surface area contributed by atoms with E-state index >= 15 is 0 Å². The van der Waals surface area contributed by atoms with Crippen molar-refractivity contribution < 1.29 is 29.6 Å². The van der Waals surface area contributed by atoms with Crippen molar-refractivity contribution in [1.82, 2.24) is 4.90 Å². The number of aliphatic carboxylic acids is 2. The molecule has 0 spiro atoms. The van der Waals surface area contributed by atoms with Gasteiger partial charge >= 0.3 is 11.9 Å². The Kier molecular flexibility index (Phi) is 8.33. The molecule has 2 aromatic carbocycles. The number of hydrogen-bond donors (Lipinski definition) is 3.